The standard InChI is InChI=1S/C46H48F2N3O15P/c1-43-15-14-28(52)18-31(43)32(47)19-30-29-20-36-46(35(54)23-64-67(61,62)63,44(29,2)21-34(53)45(30,43)48)66-42(65-36)26-8-6-24(7-9-26)16-25-4-3-5-27(17-25)49-41(60)33(10-13-40(58)59)50-37(55)22-51-38(56)11-12-39(51)57/h3-9,11-12,14-15,17-18,29-30,32-34,36,42,53H,10,13,16,19-23H2,1-2H3,(H,49,60)(H,50,55)(H,58,59)(H2,61,62,63)/t29-,30-,32-,33-,34-,36+,42+,43-,44-,45-,46+/m0/s1. The van der Waals surface area contributed by atoms with Gasteiger partial charge in [-0.25, -0.2) is 13.3 Å². The average molecular weight is 952 g/mol. The molecule has 18 nitrogen and oxygen atoms in total. The number of aliphatic hydroxyl groups excluding tert-OH is 1. The smallest absolute Gasteiger partial charge is 0.470 e. The van der Waals surface area contributed by atoms with Gasteiger partial charge in [0, 0.05) is 46.6 Å². The highest BCUT2D eigenvalue weighted by atomic mass is 31.2. The van der Waals surface area contributed by atoms with Gasteiger partial charge in [0.2, 0.25) is 11.8 Å². The van der Waals surface area contributed by atoms with Crippen LogP contribution in [0.25, 0.3) is 0 Å². The maximum atomic E-state index is 17.9. The number of carbonyl (C=O) groups excluding carboxylic acids is 6. The summed E-state index contributed by atoms with van der Waals surface area (Å²) in [5, 5.41) is 26.2. The van der Waals surface area contributed by atoms with Crippen LogP contribution < -0.4 is 10.6 Å². The number of ketones is 2. The van der Waals surface area contributed by atoms with Gasteiger partial charge in [-0.15, -0.1) is 0 Å². The number of phosphoric ester groups is 1. The van der Waals surface area contributed by atoms with Crippen molar-refractivity contribution in [3.05, 3.63) is 101 Å². The van der Waals surface area contributed by atoms with Gasteiger partial charge in [-0.05, 0) is 85.9 Å². The van der Waals surface area contributed by atoms with Gasteiger partial charge in [0.05, 0.1) is 12.2 Å². The Morgan fingerprint density at radius 2 is 1.69 bits per heavy atom. The number of nitrogens with one attached hydrogen (secondary N) is 2. The second-order valence-corrected chi connectivity index (χ2v) is 19.6. The summed E-state index contributed by atoms with van der Waals surface area (Å²) in [6, 6.07) is 12.2. The van der Waals surface area contributed by atoms with Crippen molar-refractivity contribution in [3.63, 3.8) is 0 Å². The molecule has 6 N–H and O–H groups in total. The topological polar surface area (TPSA) is 272 Å². The van der Waals surface area contributed by atoms with Crippen LogP contribution in [0.5, 0.6) is 0 Å². The van der Waals surface area contributed by atoms with Crippen molar-refractivity contribution in [3.8, 4) is 0 Å². The number of phosphoric acid groups is 1. The zero-order chi connectivity index (χ0) is 48.4. The molecule has 2 aliphatic heterocycles. The zero-order valence-corrected chi connectivity index (χ0v) is 37.0. The molecule has 0 spiro atoms. The Bertz CT molecular complexity index is 2560. The van der Waals surface area contributed by atoms with E-state index >= 15 is 8.78 Å². The number of carboxylic acid groups (broad SMARTS) is 1. The van der Waals surface area contributed by atoms with Crippen LogP contribution in [-0.2, 0) is 58.5 Å². The number of hydrogen-bond acceptors (Lipinski definition) is 12. The van der Waals surface area contributed by atoms with Crippen LogP contribution in [0.1, 0.15) is 68.9 Å². The predicted octanol–water partition coefficient (Wildman–Crippen LogP) is 3.25. The lowest BCUT2D eigenvalue weighted by Gasteiger charge is -2.63. The molecule has 8 rings (SSSR count). The Labute approximate surface area is 381 Å². The number of imide groups is 1. The Hall–Kier alpha value is -5.60. The molecule has 11 atom stereocenters. The molecule has 21 heteroatoms. The minimum absolute atomic E-state index is 0.0435. The first-order valence-electron chi connectivity index (χ1n) is 21.6. The molecule has 4 amide bonds. The molecule has 2 aromatic rings. The van der Waals surface area contributed by atoms with Gasteiger partial charge < -0.3 is 40.1 Å². The maximum Gasteiger partial charge on any atom is 0.470 e. The van der Waals surface area contributed by atoms with Gasteiger partial charge in [0.1, 0.15) is 25.4 Å². The number of aliphatic carboxylic acids is 1. The number of aliphatic hydroxyl groups is 1. The first-order valence-corrected chi connectivity index (χ1v) is 23.1. The number of carbonyl (C=O) groups is 7. The molecule has 0 aromatic heterocycles. The second kappa shape index (κ2) is 17.5. The van der Waals surface area contributed by atoms with Crippen molar-refractivity contribution in [1.29, 1.82) is 0 Å². The van der Waals surface area contributed by atoms with E-state index in [1.807, 2.05) is 0 Å². The van der Waals surface area contributed by atoms with Crippen molar-refractivity contribution in [2.24, 2.45) is 22.7 Å². The largest absolute Gasteiger partial charge is 0.481 e. The van der Waals surface area contributed by atoms with E-state index in [1.165, 1.54) is 13.0 Å². The number of halogens is 2. The normalized spacial score (nSPS) is 33.3. The van der Waals surface area contributed by atoms with Gasteiger partial charge in [0.25, 0.3) is 11.8 Å². The highest BCUT2D eigenvalue weighted by Crippen LogP contribution is 2.72. The molecule has 0 bridgehead atoms. The van der Waals surface area contributed by atoms with Gasteiger partial charge in [0.15, 0.2) is 29.1 Å². The zero-order valence-electron chi connectivity index (χ0n) is 36.1. The van der Waals surface area contributed by atoms with Crippen molar-refractivity contribution in [2.45, 2.75) is 94.4 Å². The molecule has 356 valence electrons. The number of ether oxygens (including phenoxy) is 2. The predicted molar refractivity (Wildman–Crippen MR) is 227 cm³/mol. The average Bonchev–Trinajstić information content (AvgIpc) is 3.88. The fraction of sp³-hybridized carbons (Fsp3) is 0.457. The summed E-state index contributed by atoms with van der Waals surface area (Å²) in [5.74, 6) is -7.68. The molecule has 2 heterocycles. The molecule has 4 fully saturated rings. The third-order valence-corrected chi connectivity index (χ3v) is 15.0. The van der Waals surface area contributed by atoms with E-state index in [9.17, 15) is 58.1 Å². The van der Waals surface area contributed by atoms with Gasteiger partial charge >= 0.3 is 13.8 Å². The van der Waals surface area contributed by atoms with Crippen LogP contribution in [0.15, 0.2) is 84.5 Å². The number of benzene rings is 2. The van der Waals surface area contributed by atoms with Gasteiger partial charge in [-0.2, -0.15) is 0 Å². The molecule has 6 aliphatic rings. The summed E-state index contributed by atoms with van der Waals surface area (Å²) >= 11 is 0. The molecule has 4 aliphatic carbocycles. The van der Waals surface area contributed by atoms with Crippen LogP contribution in [0.2, 0.25) is 0 Å². The lowest BCUT2D eigenvalue weighted by molar-refractivity contribution is -0.235. The van der Waals surface area contributed by atoms with E-state index in [-0.39, 0.29) is 18.4 Å². The van der Waals surface area contributed by atoms with Crippen molar-refractivity contribution in [1.82, 2.24) is 10.2 Å². The highest BCUT2D eigenvalue weighted by molar-refractivity contribution is 7.46. The number of anilines is 1. The maximum absolute atomic E-state index is 17.9. The molecule has 1 saturated heterocycles. The summed E-state index contributed by atoms with van der Waals surface area (Å²) in [4.78, 5) is 108. The molecule has 3 saturated carbocycles. The third kappa shape index (κ3) is 8.42. The van der Waals surface area contributed by atoms with E-state index < -0.39 is 146 Å². The quantitative estimate of drug-likeness (QED) is 0.111. The Morgan fingerprint density at radius 1 is 0.985 bits per heavy atom. The van der Waals surface area contributed by atoms with Crippen molar-refractivity contribution in [2.75, 3.05) is 18.5 Å². The van der Waals surface area contributed by atoms with E-state index in [2.05, 4.69) is 15.2 Å². The first-order chi connectivity index (χ1) is 31.5. The minimum atomic E-state index is -5.18. The number of Topliss-reactive ketones (excluding diaryl/α,β-unsaturated/α-hetero) is 1. The van der Waals surface area contributed by atoms with Gasteiger partial charge in [-0.3, -0.25) is 43.0 Å². The minimum Gasteiger partial charge on any atom is -0.481 e. The highest BCUT2D eigenvalue weighted by Gasteiger charge is 2.80. The number of alkyl halides is 2. The number of nitrogens with zero attached hydrogens (tertiary/aromatic N) is 1. The summed E-state index contributed by atoms with van der Waals surface area (Å²) < 4.78 is 63.5. The number of amides is 4. The summed E-state index contributed by atoms with van der Waals surface area (Å²) in [7, 11) is -5.18. The fourth-order valence-corrected chi connectivity index (χ4v) is 11.7. The SMILES string of the molecule is C[C@]12C=CC(=O)C=C1[C@@H](F)C[C@H]1[C@@H]3C[C@H]4O[C@@H](c5ccc(Cc6cccc(NC(=O)[C@H](CCC(=O)O)NC(=O)CN7C(=O)C=CC7=O)c6)cc5)O[C@@]4(C(=O)COP(=O)(O)O)[C@@]3(C)C[C@H](O)[C@@]12F. The molecule has 0 unspecified atom stereocenters. The number of fused-ring (bicyclic) bond motifs is 7. The molecular weight excluding hydrogens is 903 g/mol. The molecule has 2 aromatic carbocycles. The summed E-state index contributed by atoms with van der Waals surface area (Å²) in [6.45, 7) is 1.27. The third-order valence-electron chi connectivity index (χ3n) is 14.5. The van der Waals surface area contributed by atoms with Gasteiger partial charge in [-0.1, -0.05) is 49.4 Å². The fourth-order valence-electron chi connectivity index (χ4n) is 11.4. The van der Waals surface area contributed by atoms with Crippen LogP contribution in [0.3, 0.4) is 0 Å². The number of hydrogen-bond donors (Lipinski definition) is 6. The van der Waals surface area contributed by atoms with E-state index in [0.29, 0.717) is 22.6 Å². The number of allylic oxidation sites excluding steroid dienone is 4. The Morgan fingerprint density at radius 3 is 2.36 bits per heavy atom. The summed E-state index contributed by atoms with van der Waals surface area (Å²) in [6.07, 6.45) is -1.71. The van der Waals surface area contributed by atoms with Crippen LogP contribution in [-0.4, -0.2) is 115 Å². The first kappa shape index (κ1) is 47.9. The molecule has 67 heavy (non-hydrogen) atoms. The lowest BCUT2D eigenvalue weighted by Crippen LogP contribution is -2.70. The van der Waals surface area contributed by atoms with Crippen LogP contribution in [0.4, 0.5) is 14.5 Å². The number of carboxylic acids is 1. The second-order valence-electron chi connectivity index (χ2n) is 18.3. The monoisotopic (exact) mass is 951 g/mol. The summed E-state index contributed by atoms with van der Waals surface area (Å²) in [5.41, 5.74) is -5.53. The van der Waals surface area contributed by atoms with E-state index in [1.54, 1.807) is 55.5 Å². The van der Waals surface area contributed by atoms with Crippen LogP contribution >= 0.6 is 7.82 Å². The van der Waals surface area contributed by atoms with E-state index in [0.717, 1.165) is 35.4 Å². The molecule has 0 radical (unpaired) electrons. The molecular formula is C46H48F2N3O15P. The lowest BCUT2D eigenvalue weighted by atomic mass is 9.44. The van der Waals surface area contributed by atoms with E-state index in [4.69, 9.17) is 9.47 Å². The Kier molecular flexibility index (Phi) is 12.5. The van der Waals surface area contributed by atoms with Crippen LogP contribution in [0, 0.1) is 22.7 Å². The van der Waals surface area contributed by atoms with Crippen molar-refractivity contribution < 1.29 is 80.9 Å². The van der Waals surface area contributed by atoms with Crippen molar-refractivity contribution >= 4 is 54.7 Å². The number of rotatable bonds is 15. The Balaban J connectivity index is 0.984.